The Labute approximate surface area is 290 Å². The molecule has 2 atom stereocenters. The molecule has 0 spiro atoms. The molecule has 268 valence electrons. The number of amides is 1. The second kappa shape index (κ2) is 16.3. The van der Waals surface area contributed by atoms with Gasteiger partial charge in [0.25, 0.3) is 0 Å². The fourth-order valence-electron chi connectivity index (χ4n) is 5.16. The van der Waals surface area contributed by atoms with Gasteiger partial charge in [-0.1, -0.05) is 30.3 Å². The lowest BCUT2D eigenvalue weighted by Gasteiger charge is -2.24. The molecule has 0 fully saturated rings. The number of aromatic nitrogens is 1. The summed E-state index contributed by atoms with van der Waals surface area (Å²) >= 11 is 0. The summed E-state index contributed by atoms with van der Waals surface area (Å²) in [7, 11) is 1.33. The lowest BCUT2D eigenvalue weighted by molar-refractivity contribution is -0.155. The van der Waals surface area contributed by atoms with Crippen LogP contribution in [0.15, 0.2) is 54.7 Å². The maximum atomic E-state index is 13.5. The number of carbonyl (C=O) groups excluding carboxylic acids is 4. The zero-order chi connectivity index (χ0) is 36.6. The first-order valence-corrected chi connectivity index (χ1v) is 16.7. The molecule has 2 aromatic carbocycles. The van der Waals surface area contributed by atoms with Gasteiger partial charge in [0.1, 0.15) is 28.6 Å². The third-order valence-electron chi connectivity index (χ3n) is 7.10. The van der Waals surface area contributed by atoms with Gasteiger partial charge in [0.2, 0.25) is 5.91 Å². The smallest absolute Gasteiger partial charge is 0.419 e. The molecule has 49 heavy (non-hydrogen) atoms. The van der Waals surface area contributed by atoms with Crippen molar-refractivity contribution in [1.29, 1.82) is 0 Å². The second-order valence-corrected chi connectivity index (χ2v) is 15.1. The summed E-state index contributed by atoms with van der Waals surface area (Å²) in [6.07, 6.45) is 1.71. The van der Waals surface area contributed by atoms with E-state index in [0.29, 0.717) is 17.5 Å². The molecule has 1 amide bonds. The number of carbonyl (C=O) groups is 4. The van der Waals surface area contributed by atoms with Crippen molar-refractivity contribution in [3.8, 4) is 5.75 Å². The van der Waals surface area contributed by atoms with E-state index in [-0.39, 0.29) is 37.3 Å². The molecule has 1 aromatic heterocycles. The summed E-state index contributed by atoms with van der Waals surface area (Å²) in [5, 5.41) is 7.02. The highest BCUT2D eigenvalue weighted by molar-refractivity contribution is 5.94. The molecule has 3 rings (SSSR count). The van der Waals surface area contributed by atoms with E-state index >= 15 is 0 Å². The van der Waals surface area contributed by atoms with E-state index in [0.717, 1.165) is 16.7 Å². The molecule has 0 bridgehead atoms. The van der Waals surface area contributed by atoms with Crippen molar-refractivity contribution in [2.75, 3.05) is 13.7 Å². The topological polar surface area (TPSA) is 134 Å². The van der Waals surface area contributed by atoms with Gasteiger partial charge in [0.05, 0.1) is 19.0 Å². The number of hydrogen-bond acceptors (Lipinski definition) is 9. The number of methoxy groups -OCH3 is 1. The summed E-state index contributed by atoms with van der Waals surface area (Å²) in [6, 6.07) is 13.6. The summed E-state index contributed by atoms with van der Waals surface area (Å²) in [4.78, 5) is 51.9. The minimum atomic E-state index is -0.716. The molecule has 11 nitrogen and oxygen atoms in total. The van der Waals surface area contributed by atoms with Crippen LogP contribution in [0.4, 0.5) is 4.79 Å². The molecule has 0 aliphatic heterocycles. The number of rotatable bonds is 13. The number of fused-ring (bicyclic) bond motifs is 1. The van der Waals surface area contributed by atoms with E-state index in [1.165, 1.54) is 11.7 Å². The van der Waals surface area contributed by atoms with E-state index in [2.05, 4.69) is 10.6 Å². The Morgan fingerprint density at radius 3 is 2.04 bits per heavy atom. The number of ether oxygens (including phenoxy) is 4. The Morgan fingerprint density at radius 1 is 0.816 bits per heavy atom. The van der Waals surface area contributed by atoms with Crippen molar-refractivity contribution in [1.82, 2.24) is 15.2 Å². The van der Waals surface area contributed by atoms with Gasteiger partial charge in [0.15, 0.2) is 0 Å². The minimum Gasteiger partial charge on any atom is -0.488 e. The lowest BCUT2D eigenvalue weighted by atomic mass is 10.0. The first kappa shape index (κ1) is 39.1. The number of para-hydroxylation sites is 1. The van der Waals surface area contributed by atoms with Crippen molar-refractivity contribution in [3.05, 3.63) is 65.9 Å². The van der Waals surface area contributed by atoms with Crippen molar-refractivity contribution < 1.29 is 38.1 Å². The van der Waals surface area contributed by atoms with Gasteiger partial charge in [0, 0.05) is 30.6 Å². The molecule has 0 aliphatic carbocycles. The molecule has 0 aliphatic rings. The van der Waals surface area contributed by atoms with E-state index in [1.54, 1.807) is 53.8 Å². The summed E-state index contributed by atoms with van der Waals surface area (Å²) < 4.78 is 23.5. The monoisotopic (exact) mass is 679 g/mol. The normalized spacial score (nSPS) is 13.3. The highest BCUT2D eigenvalue weighted by Crippen LogP contribution is 2.24. The molecule has 1 heterocycles. The van der Waals surface area contributed by atoms with Crippen LogP contribution in [-0.4, -0.2) is 71.0 Å². The number of esters is 2. The third kappa shape index (κ3) is 13.2. The quantitative estimate of drug-likeness (QED) is 0.162. The average Bonchev–Trinajstić information content (AvgIpc) is 3.34. The van der Waals surface area contributed by atoms with Gasteiger partial charge in [-0.2, -0.15) is 0 Å². The predicted octanol–water partition coefficient (Wildman–Crippen LogP) is 6.12. The van der Waals surface area contributed by atoms with E-state index in [1.807, 2.05) is 63.2 Å². The standard InChI is InChI=1S/C38H53N3O8/c1-36(2,3)47-28-18-15-25(16-19-28)21-30(34(44)46-10)39-23-27(17-20-33(43)48-37(4,5)6)40-32(42)22-26-24-41(35(45)49-38(7,8)9)31-14-12-11-13-29(26)31/h11-16,18-19,24,27,30,39H,17,20-23H2,1-10H3,(H,40,42)/t27-,30-/m0/s1. The predicted molar refractivity (Wildman–Crippen MR) is 189 cm³/mol. The fraction of sp³-hybridized carbons (Fsp3) is 0.526. The number of hydrogen-bond donors (Lipinski definition) is 2. The number of nitrogens with one attached hydrogen (secondary N) is 2. The highest BCUT2D eigenvalue weighted by Gasteiger charge is 2.25. The molecule has 0 saturated carbocycles. The molecule has 0 unspecified atom stereocenters. The molecule has 0 radical (unpaired) electrons. The van der Waals surface area contributed by atoms with Crippen molar-refractivity contribution in [2.45, 2.75) is 117 Å². The van der Waals surface area contributed by atoms with Crippen LogP contribution in [0.25, 0.3) is 10.9 Å². The molecule has 11 heteroatoms. The second-order valence-electron chi connectivity index (χ2n) is 15.1. The van der Waals surface area contributed by atoms with Crippen molar-refractivity contribution >= 4 is 34.8 Å². The minimum absolute atomic E-state index is 0.0251. The Balaban J connectivity index is 1.78. The highest BCUT2D eigenvalue weighted by atomic mass is 16.6. The fourth-order valence-corrected chi connectivity index (χ4v) is 5.16. The third-order valence-corrected chi connectivity index (χ3v) is 7.10. The average molecular weight is 680 g/mol. The van der Waals surface area contributed by atoms with Crippen molar-refractivity contribution in [2.24, 2.45) is 0 Å². The molecular formula is C38H53N3O8. The maximum absolute atomic E-state index is 13.5. The summed E-state index contributed by atoms with van der Waals surface area (Å²) in [5.41, 5.74) is 0.469. The zero-order valence-corrected chi connectivity index (χ0v) is 30.6. The van der Waals surface area contributed by atoms with Gasteiger partial charge in [-0.15, -0.1) is 0 Å². The van der Waals surface area contributed by atoms with Crippen LogP contribution >= 0.6 is 0 Å². The maximum Gasteiger partial charge on any atom is 0.419 e. The van der Waals surface area contributed by atoms with Gasteiger partial charge in [-0.05, 0) is 104 Å². The molecule has 0 saturated heterocycles. The first-order chi connectivity index (χ1) is 22.7. The Bertz CT molecular complexity index is 1590. The van der Waals surface area contributed by atoms with Crippen molar-refractivity contribution in [3.63, 3.8) is 0 Å². The summed E-state index contributed by atoms with van der Waals surface area (Å²) in [6.45, 7) is 16.8. The molecule has 2 N–H and O–H groups in total. The largest absolute Gasteiger partial charge is 0.488 e. The van der Waals surface area contributed by atoms with Crippen LogP contribution in [-0.2, 0) is 41.4 Å². The SMILES string of the molecule is COC(=O)[C@H](Cc1ccc(OC(C)(C)C)cc1)NC[C@H](CCC(=O)OC(C)(C)C)NC(=O)Cc1cn(C(=O)OC(C)(C)C)c2ccccc12. The Morgan fingerprint density at radius 2 is 1.45 bits per heavy atom. The number of benzene rings is 2. The van der Waals surface area contributed by atoms with E-state index in [4.69, 9.17) is 18.9 Å². The van der Waals surface area contributed by atoms with Gasteiger partial charge < -0.3 is 29.6 Å². The first-order valence-electron chi connectivity index (χ1n) is 16.7. The van der Waals surface area contributed by atoms with Crippen LogP contribution in [0.3, 0.4) is 0 Å². The van der Waals surface area contributed by atoms with E-state index < -0.39 is 41.3 Å². The Kier molecular flexibility index (Phi) is 13.0. The lowest BCUT2D eigenvalue weighted by Crippen LogP contribution is -2.48. The van der Waals surface area contributed by atoms with E-state index in [9.17, 15) is 19.2 Å². The van der Waals surface area contributed by atoms with Crippen LogP contribution in [0.5, 0.6) is 5.75 Å². The van der Waals surface area contributed by atoms with Gasteiger partial charge >= 0.3 is 18.0 Å². The van der Waals surface area contributed by atoms with Gasteiger partial charge in [-0.25, -0.2) is 4.79 Å². The van der Waals surface area contributed by atoms with Gasteiger partial charge in [-0.3, -0.25) is 19.0 Å². The molecule has 3 aromatic rings. The van der Waals surface area contributed by atoms with Crippen LogP contribution in [0.1, 0.15) is 86.3 Å². The van der Waals surface area contributed by atoms with Crippen LogP contribution in [0.2, 0.25) is 0 Å². The zero-order valence-electron chi connectivity index (χ0n) is 30.6. The summed E-state index contributed by atoms with van der Waals surface area (Å²) in [5.74, 6) is -0.443. The number of nitrogens with zero attached hydrogens (tertiary/aromatic N) is 1. The Hall–Kier alpha value is -4.38. The van der Waals surface area contributed by atoms with Crippen LogP contribution < -0.4 is 15.4 Å². The van der Waals surface area contributed by atoms with Crippen LogP contribution in [0, 0.1) is 0 Å². The molecular weight excluding hydrogens is 626 g/mol.